The highest BCUT2D eigenvalue weighted by Crippen LogP contribution is 2.39. The Bertz CT molecular complexity index is 1270. The first-order valence-corrected chi connectivity index (χ1v) is 11.5. The van der Waals surface area contributed by atoms with Crippen molar-refractivity contribution in [1.82, 2.24) is 30.0 Å². The fourth-order valence-corrected chi connectivity index (χ4v) is 4.17. The van der Waals surface area contributed by atoms with E-state index in [9.17, 15) is 4.79 Å². The van der Waals surface area contributed by atoms with Crippen molar-refractivity contribution in [2.45, 2.75) is 51.1 Å². The van der Waals surface area contributed by atoms with E-state index in [4.69, 9.17) is 4.98 Å². The summed E-state index contributed by atoms with van der Waals surface area (Å²) in [4.78, 5) is 25.9. The van der Waals surface area contributed by atoms with Gasteiger partial charge in [-0.1, -0.05) is 18.2 Å². The molecule has 3 N–H and O–H groups in total. The average Bonchev–Trinajstić information content (AvgIpc) is 3.50. The first kappa shape index (κ1) is 21.2. The number of aromatic nitrogens is 5. The Morgan fingerprint density at radius 3 is 2.85 bits per heavy atom. The van der Waals surface area contributed by atoms with Crippen LogP contribution in [0.4, 0.5) is 5.82 Å². The van der Waals surface area contributed by atoms with Gasteiger partial charge in [0.25, 0.3) is 0 Å². The molecule has 5 rings (SSSR count). The number of fused-ring (bicyclic) bond motifs is 1. The number of aryl methyl sites for hydroxylation is 2. The van der Waals surface area contributed by atoms with Crippen molar-refractivity contribution in [3.05, 3.63) is 71.6 Å². The standard InChI is InChI=1S/C25H29N7O/c1-16-9-11-28-32(16)12-10-24(33)29-21(13-18-15-27-20-6-4-3-5-19(18)20)22-14-23(26-2)31-25(30-22)17-7-8-17/h3-6,9,11,14-15,17,21,27H,7-8,10,12-13H2,1-2H3,(H,29,33)(H,26,30,31)/t21-/m0/s1. The zero-order valence-electron chi connectivity index (χ0n) is 19.0. The van der Waals surface area contributed by atoms with E-state index in [1.54, 1.807) is 6.20 Å². The molecule has 170 valence electrons. The Kier molecular flexibility index (Phi) is 5.81. The molecule has 0 bridgehead atoms. The molecule has 8 nitrogen and oxygen atoms in total. The lowest BCUT2D eigenvalue weighted by atomic mass is 10.0. The molecule has 1 atom stereocenters. The third-order valence-corrected chi connectivity index (χ3v) is 6.23. The molecule has 1 amide bonds. The SMILES string of the molecule is CNc1cc([C@H](Cc2c[nH]c3ccccc23)NC(=O)CCn2nccc2C)nc(C2CC2)n1. The number of hydrogen-bond acceptors (Lipinski definition) is 5. The predicted molar refractivity (Wildman–Crippen MR) is 128 cm³/mol. The van der Waals surface area contributed by atoms with Crippen LogP contribution in [0.5, 0.6) is 0 Å². The molecule has 3 heterocycles. The molecule has 33 heavy (non-hydrogen) atoms. The van der Waals surface area contributed by atoms with Gasteiger partial charge in [0.2, 0.25) is 5.91 Å². The van der Waals surface area contributed by atoms with Gasteiger partial charge in [-0.05, 0) is 37.5 Å². The second kappa shape index (κ2) is 9.05. The Labute approximate surface area is 192 Å². The van der Waals surface area contributed by atoms with Gasteiger partial charge in [-0.2, -0.15) is 5.10 Å². The predicted octanol–water partition coefficient (Wildman–Crippen LogP) is 3.87. The fraction of sp³-hybridized carbons (Fsp3) is 0.360. The number of nitrogens with one attached hydrogen (secondary N) is 3. The maximum Gasteiger partial charge on any atom is 0.222 e. The Morgan fingerprint density at radius 1 is 1.24 bits per heavy atom. The quantitative estimate of drug-likeness (QED) is 0.365. The van der Waals surface area contributed by atoms with Crippen LogP contribution in [-0.2, 0) is 17.8 Å². The van der Waals surface area contributed by atoms with Crippen LogP contribution in [0.2, 0.25) is 0 Å². The highest BCUT2D eigenvalue weighted by Gasteiger charge is 2.29. The van der Waals surface area contributed by atoms with E-state index in [1.165, 1.54) is 0 Å². The lowest BCUT2D eigenvalue weighted by Crippen LogP contribution is -2.31. The molecular formula is C25H29N7O. The molecule has 8 heteroatoms. The van der Waals surface area contributed by atoms with Crippen LogP contribution in [-0.4, -0.2) is 37.7 Å². The smallest absolute Gasteiger partial charge is 0.222 e. The van der Waals surface area contributed by atoms with E-state index < -0.39 is 0 Å². The molecule has 0 radical (unpaired) electrons. The van der Waals surface area contributed by atoms with Crippen LogP contribution in [0.3, 0.4) is 0 Å². The summed E-state index contributed by atoms with van der Waals surface area (Å²) in [5.41, 5.74) is 4.12. The number of carbonyl (C=O) groups is 1. The third-order valence-electron chi connectivity index (χ3n) is 6.23. The number of benzene rings is 1. The van der Waals surface area contributed by atoms with E-state index in [0.717, 1.165) is 52.3 Å². The van der Waals surface area contributed by atoms with Crippen LogP contribution >= 0.6 is 0 Å². The van der Waals surface area contributed by atoms with Crippen LogP contribution < -0.4 is 10.6 Å². The van der Waals surface area contributed by atoms with Crippen molar-refractivity contribution in [2.75, 3.05) is 12.4 Å². The zero-order valence-corrected chi connectivity index (χ0v) is 19.0. The van der Waals surface area contributed by atoms with Crippen molar-refractivity contribution in [2.24, 2.45) is 0 Å². The van der Waals surface area contributed by atoms with E-state index in [1.807, 2.05) is 49.1 Å². The van der Waals surface area contributed by atoms with Crippen LogP contribution in [0, 0.1) is 6.92 Å². The number of amides is 1. The van der Waals surface area contributed by atoms with Crippen LogP contribution in [0.15, 0.2) is 48.8 Å². The van der Waals surface area contributed by atoms with E-state index >= 15 is 0 Å². The highest BCUT2D eigenvalue weighted by atomic mass is 16.1. The summed E-state index contributed by atoms with van der Waals surface area (Å²) in [5.74, 6) is 2.05. The van der Waals surface area contributed by atoms with Gasteiger partial charge >= 0.3 is 0 Å². The van der Waals surface area contributed by atoms with Gasteiger partial charge in [-0.25, -0.2) is 9.97 Å². The minimum atomic E-state index is -0.261. The molecule has 1 aromatic carbocycles. The highest BCUT2D eigenvalue weighted by molar-refractivity contribution is 5.83. The molecule has 1 aliphatic carbocycles. The second-order valence-electron chi connectivity index (χ2n) is 8.69. The number of rotatable bonds is 9. The summed E-state index contributed by atoms with van der Waals surface area (Å²) in [6.07, 6.45) is 7.02. The van der Waals surface area contributed by atoms with Gasteiger partial charge < -0.3 is 15.6 Å². The van der Waals surface area contributed by atoms with Gasteiger partial charge in [0.1, 0.15) is 11.6 Å². The van der Waals surface area contributed by atoms with Crippen LogP contribution in [0.1, 0.15) is 54.0 Å². The topological polar surface area (TPSA) is 101 Å². The van der Waals surface area contributed by atoms with Crippen molar-refractivity contribution in [3.8, 4) is 0 Å². The Hall–Kier alpha value is -3.68. The first-order chi connectivity index (χ1) is 16.1. The number of aromatic amines is 1. The van der Waals surface area contributed by atoms with Gasteiger partial charge in [-0.15, -0.1) is 0 Å². The summed E-state index contributed by atoms with van der Waals surface area (Å²) >= 11 is 0. The van der Waals surface area contributed by atoms with Gasteiger partial charge in [0.05, 0.1) is 11.7 Å². The molecular weight excluding hydrogens is 414 g/mol. The van der Waals surface area contributed by atoms with Crippen molar-refractivity contribution < 1.29 is 4.79 Å². The Morgan fingerprint density at radius 2 is 2.09 bits per heavy atom. The molecule has 1 fully saturated rings. The number of hydrogen-bond donors (Lipinski definition) is 3. The molecule has 0 saturated heterocycles. The maximum atomic E-state index is 13.0. The van der Waals surface area contributed by atoms with E-state index in [2.05, 4.69) is 37.8 Å². The fourth-order valence-electron chi connectivity index (χ4n) is 4.17. The van der Waals surface area contributed by atoms with Crippen molar-refractivity contribution in [3.63, 3.8) is 0 Å². The van der Waals surface area contributed by atoms with Gasteiger partial charge in [0.15, 0.2) is 0 Å². The molecule has 1 saturated carbocycles. The summed E-state index contributed by atoms with van der Waals surface area (Å²) in [6, 6.07) is 11.9. The molecule has 0 spiro atoms. The maximum absolute atomic E-state index is 13.0. The summed E-state index contributed by atoms with van der Waals surface area (Å²) in [6.45, 7) is 2.54. The second-order valence-corrected chi connectivity index (χ2v) is 8.69. The van der Waals surface area contributed by atoms with Gasteiger partial charge in [-0.3, -0.25) is 9.48 Å². The largest absolute Gasteiger partial charge is 0.373 e. The Balaban J connectivity index is 1.42. The summed E-state index contributed by atoms with van der Waals surface area (Å²) < 4.78 is 1.85. The molecule has 3 aromatic heterocycles. The molecule has 0 unspecified atom stereocenters. The lowest BCUT2D eigenvalue weighted by Gasteiger charge is -2.20. The van der Waals surface area contributed by atoms with E-state index in [0.29, 0.717) is 25.3 Å². The molecule has 1 aliphatic rings. The van der Waals surface area contributed by atoms with Crippen molar-refractivity contribution in [1.29, 1.82) is 0 Å². The van der Waals surface area contributed by atoms with Gasteiger partial charge in [0, 0.05) is 67.4 Å². The minimum Gasteiger partial charge on any atom is -0.373 e. The summed E-state index contributed by atoms with van der Waals surface area (Å²) in [5, 5.41) is 11.8. The van der Waals surface area contributed by atoms with Crippen LogP contribution in [0.25, 0.3) is 10.9 Å². The number of para-hydroxylation sites is 1. The lowest BCUT2D eigenvalue weighted by molar-refractivity contribution is -0.122. The number of nitrogens with zero attached hydrogens (tertiary/aromatic N) is 4. The third kappa shape index (κ3) is 4.74. The molecule has 4 aromatic rings. The summed E-state index contributed by atoms with van der Waals surface area (Å²) in [7, 11) is 1.86. The normalized spacial score (nSPS) is 14.4. The van der Waals surface area contributed by atoms with E-state index in [-0.39, 0.29) is 11.9 Å². The zero-order chi connectivity index (χ0) is 22.8. The first-order valence-electron chi connectivity index (χ1n) is 11.5. The minimum absolute atomic E-state index is 0.0210. The van der Waals surface area contributed by atoms with Crippen molar-refractivity contribution >= 4 is 22.6 Å². The molecule has 0 aliphatic heterocycles. The number of carbonyl (C=O) groups excluding carboxylic acids is 1. The average molecular weight is 444 g/mol. The monoisotopic (exact) mass is 443 g/mol. The number of H-pyrrole nitrogens is 1. The number of anilines is 1.